The molecule has 29 heavy (non-hydrogen) atoms. The van der Waals surface area contributed by atoms with Crippen LogP contribution in [-0.2, 0) is 9.59 Å². The lowest BCUT2D eigenvalue weighted by Gasteiger charge is -2.36. The first-order valence-corrected chi connectivity index (χ1v) is 10.3. The van der Waals surface area contributed by atoms with Crippen LogP contribution in [0, 0.1) is 0 Å². The number of amides is 2. The van der Waals surface area contributed by atoms with Crippen LogP contribution in [0.5, 0.6) is 5.75 Å². The number of halogens is 1. The van der Waals surface area contributed by atoms with Crippen molar-refractivity contribution in [2.24, 2.45) is 0 Å². The molecule has 2 aromatic rings. The summed E-state index contributed by atoms with van der Waals surface area (Å²) in [6.45, 7) is 3.54. The summed E-state index contributed by atoms with van der Waals surface area (Å²) < 4.78 is 5.67. The number of anilines is 2. The summed E-state index contributed by atoms with van der Waals surface area (Å²) >= 11 is 6.27. The minimum atomic E-state index is -0.0254. The predicted molar refractivity (Wildman–Crippen MR) is 114 cm³/mol. The molecule has 152 valence electrons. The highest BCUT2D eigenvalue weighted by Crippen LogP contribution is 2.26. The summed E-state index contributed by atoms with van der Waals surface area (Å²) in [4.78, 5) is 30.1. The van der Waals surface area contributed by atoms with Crippen LogP contribution in [0.3, 0.4) is 0 Å². The molecule has 2 aromatic carbocycles. The van der Waals surface area contributed by atoms with Gasteiger partial charge in [-0.3, -0.25) is 9.59 Å². The monoisotopic (exact) mass is 413 g/mol. The van der Waals surface area contributed by atoms with E-state index in [4.69, 9.17) is 16.3 Å². The Kier molecular flexibility index (Phi) is 5.90. The highest BCUT2D eigenvalue weighted by atomic mass is 35.5. The van der Waals surface area contributed by atoms with Gasteiger partial charge >= 0.3 is 0 Å². The maximum absolute atomic E-state index is 12.5. The third-order valence-electron chi connectivity index (χ3n) is 5.41. The Labute approximate surface area is 175 Å². The Hall–Kier alpha value is -2.73. The van der Waals surface area contributed by atoms with E-state index < -0.39 is 0 Å². The fourth-order valence-electron chi connectivity index (χ4n) is 3.78. The van der Waals surface area contributed by atoms with Gasteiger partial charge in [-0.15, -0.1) is 0 Å². The molecule has 0 unspecified atom stereocenters. The molecule has 2 amide bonds. The molecule has 0 aromatic heterocycles. The van der Waals surface area contributed by atoms with E-state index in [1.54, 1.807) is 4.90 Å². The van der Waals surface area contributed by atoms with Gasteiger partial charge in [0, 0.05) is 44.8 Å². The summed E-state index contributed by atoms with van der Waals surface area (Å²) in [6, 6.07) is 15.1. The van der Waals surface area contributed by atoms with Gasteiger partial charge in [0.1, 0.15) is 5.75 Å². The van der Waals surface area contributed by atoms with Crippen LogP contribution in [0.4, 0.5) is 11.4 Å². The smallest absolute Gasteiger partial charge is 0.260 e. The summed E-state index contributed by atoms with van der Waals surface area (Å²) in [6.07, 6.45) is 1.51. The van der Waals surface area contributed by atoms with Crippen molar-refractivity contribution in [2.75, 3.05) is 49.1 Å². The van der Waals surface area contributed by atoms with Gasteiger partial charge in [-0.2, -0.15) is 0 Å². The molecule has 2 aliphatic heterocycles. The maximum atomic E-state index is 12.5. The first-order chi connectivity index (χ1) is 14.1. The van der Waals surface area contributed by atoms with E-state index in [-0.39, 0.29) is 18.4 Å². The van der Waals surface area contributed by atoms with E-state index in [2.05, 4.69) is 4.90 Å². The third kappa shape index (κ3) is 4.48. The summed E-state index contributed by atoms with van der Waals surface area (Å²) in [5, 5.41) is 0.731. The van der Waals surface area contributed by atoms with Gasteiger partial charge < -0.3 is 19.4 Å². The Morgan fingerprint density at radius 1 is 0.966 bits per heavy atom. The minimum Gasteiger partial charge on any atom is -0.484 e. The van der Waals surface area contributed by atoms with Crippen molar-refractivity contribution < 1.29 is 14.3 Å². The second-order valence-electron chi connectivity index (χ2n) is 7.25. The largest absolute Gasteiger partial charge is 0.484 e. The van der Waals surface area contributed by atoms with Crippen LogP contribution < -0.4 is 14.5 Å². The topological polar surface area (TPSA) is 53.1 Å². The lowest BCUT2D eigenvalue weighted by molar-refractivity contribution is -0.133. The van der Waals surface area contributed by atoms with E-state index in [0.29, 0.717) is 25.3 Å². The maximum Gasteiger partial charge on any atom is 0.260 e. The number of rotatable bonds is 5. The molecule has 6 nitrogen and oxygen atoms in total. The molecule has 0 radical (unpaired) electrons. The normalized spacial score (nSPS) is 17.0. The summed E-state index contributed by atoms with van der Waals surface area (Å²) in [5.41, 5.74) is 1.89. The van der Waals surface area contributed by atoms with Gasteiger partial charge in [0.15, 0.2) is 6.61 Å². The van der Waals surface area contributed by atoms with E-state index in [0.717, 1.165) is 42.5 Å². The van der Waals surface area contributed by atoms with E-state index in [1.807, 2.05) is 53.4 Å². The van der Waals surface area contributed by atoms with Crippen LogP contribution >= 0.6 is 11.6 Å². The number of ether oxygens (including phenoxy) is 1. The van der Waals surface area contributed by atoms with Crippen molar-refractivity contribution in [3.05, 3.63) is 53.6 Å². The zero-order valence-electron chi connectivity index (χ0n) is 16.2. The Bertz CT molecular complexity index is 879. The quantitative estimate of drug-likeness (QED) is 0.755. The molecule has 2 saturated heterocycles. The minimum absolute atomic E-state index is 0.00802. The molecule has 7 heteroatoms. The van der Waals surface area contributed by atoms with Crippen molar-refractivity contribution in [2.45, 2.75) is 12.8 Å². The van der Waals surface area contributed by atoms with Gasteiger partial charge in [0.2, 0.25) is 5.91 Å². The molecular formula is C22H24ClN3O3. The fraction of sp³-hybridized carbons (Fsp3) is 0.364. The molecule has 2 aliphatic rings. The van der Waals surface area contributed by atoms with Crippen LogP contribution in [0.15, 0.2) is 48.5 Å². The number of para-hydroxylation sites is 1. The first kappa shape index (κ1) is 19.6. The molecule has 2 fully saturated rings. The first-order valence-electron chi connectivity index (χ1n) is 9.92. The van der Waals surface area contributed by atoms with Gasteiger partial charge in [-0.05, 0) is 42.8 Å². The lowest BCUT2D eigenvalue weighted by Crippen LogP contribution is -2.50. The van der Waals surface area contributed by atoms with E-state index in [1.165, 1.54) is 0 Å². The zero-order valence-corrected chi connectivity index (χ0v) is 17.0. The molecule has 0 saturated carbocycles. The van der Waals surface area contributed by atoms with Crippen molar-refractivity contribution in [1.29, 1.82) is 0 Å². The van der Waals surface area contributed by atoms with Crippen LogP contribution in [0.25, 0.3) is 0 Å². The number of carbonyl (C=O) groups is 2. The van der Waals surface area contributed by atoms with Crippen LogP contribution in [-0.4, -0.2) is 56.0 Å². The van der Waals surface area contributed by atoms with Crippen molar-refractivity contribution in [1.82, 2.24) is 4.90 Å². The molecule has 0 N–H and O–H groups in total. The van der Waals surface area contributed by atoms with Gasteiger partial charge in [-0.1, -0.05) is 23.7 Å². The molecule has 0 spiro atoms. The summed E-state index contributed by atoms with van der Waals surface area (Å²) in [7, 11) is 0. The average Bonchev–Trinajstić information content (AvgIpc) is 3.19. The summed E-state index contributed by atoms with van der Waals surface area (Å²) in [5.74, 6) is 0.760. The third-order valence-corrected chi connectivity index (χ3v) is 5.73. The van der Waals surface area contributed by atoms with Crippen molar-refractivity contribution in [3.8, 4) is 5.75 Å². The SMILES string of the molecule is O=C(COc1ccc(N2CCCC2=O)cc1)N1CCN(c2ccccc2Cl)CC1. The number of nitrogens with zero attached hydrogens (tertiary/aromatic N) is 3. The highest BCUT2D eigenvalue weighted by molar-refractivity contribution is 6.33. The zero-order chi connectivity index (χ0) is 20.2. The second-order valence-corrected chi connectivity index (χ2v) is 7.66. The van der Waals surface area contributed by atoms with Crippen LogP contribution in [0.1, 0.15) is 12.8 Å². The van der Waals surface area contributed by atoms with Gasteiger partial charge in [-0.25, -0.2) is 0 Å². The van der Waals surface area contributed by atoms with Gasteiger partial charge in [0.05, 0.1) is 10.7 Å². The Morgan fingerprint density at radius 2 is 1.69 bits per heavy atom. The molecule has 0 aliphatic carbocycles. The lowest BCUT2D eigenvalue weighted by atomic mass is 10.2. The highest BCUT2D eigenvalue weighted by Gasteiger charge is 2.23. The van der Waals surface area contributed by atoms with Gasteiger partial charge in [0.25, 0.3) is 5.91 Å². The Balaban J connectivity index is 1.26. The van der Waals surface area contributed by atoms with Crippen LogP contribution in [0.2, 0.25) is 5.02 Å². The molecule has 2 heterocycles. The fourth-order valence-corrected chi connectivity index (χ4v) is 4.04. The number of benzene rings is 2. The molecule has 4 rings (SSSR count). The Morgan fingerprint density at radius 3 is 2.34 bits per heavy atom. The standard InChI is InChI=1S/C22H24ClN3O3/c23-19-4-1-2-5-20(19)24-12-14-25(15-13-24)22(28)16-29-18-9-7-17(8-10-18)26-11-3-6-21(26)27/h1-2,4-5,7-10H,3,6,11-16H2. The molecule has 0 bridgehead atoms. The van der Waals surface area contributed by atoms with Crippen molar-refractivity contribution >= 4 is 34.8 Å². The van der Waals surface area contributed by atoms with E-state index in [9.17, 15) is 9.59 Å². The second kappa shape index (κ2) is 8.74. The number of hydrogen-bond donors (Lipinski definition) is 0. The molecular weight excluding hydrogens is 390 g/mol. The van der Waals surface area contributed by atoms with Crippen molar-refractivity contribution in [3.63, 3.8) is 0 Å². The predicted octanol–water partition coefficient (Wildman–Crippen LogP) is 3.19. The number of carbonyl (C=O) groups excluding carboxylic acids is 2. The average molecular weight is 414 g/mol. The van der Waals surface area contributed by atoms with E-state index >= 15 is 0 Å². The number of piperazine rings is 1. The molecule has 0 atom stereocenters. The number of hydrogen-bond acceptors (Lipinski definition) is 4.